The molecule has 0 aliphatic rings. The smallest absolute Gasteiger partial charge is 0.143 e. The van der Waals surface area contributed by atoms with Gasteiger partial charge in [-0.15, -0.1) is 0 Å². The molecule has 92 valence electrons. The molecule has 0 fully saturated rings. The largest absolute Gasteiger partial charge is 0.390 e. The van der Waals surface area contributed by atoms with Gasteiger partial charge < -0.3 is 10.6 Å². The standard InChI is InChI=1S/C15H16N2O/c16-15(11-13-7-3-1-4-8-13)17-18-12-14-9-5-2-6-10-14/h1-10H,11-12H2,(H2,16,17). The fraction of sp³-hybridized carbons (Fsp3) is 0.133. The summed E-state index contributed by atoms with van der Waals surface area (Å²) in [4.78, 5) is 5.22. The van der Waals surface area contributed by atoms with Crippen LogP contribution in [0.15, 0.2) is 65.8 Å². The number of nitrogens with two attached hydrogens (primary N) is 1. The molecule has 0 unspecified atom stereocenters. The van der Waals surface area contributed by atoms with E-state index in [-0.39, 0.29) is 0 Å². The summed E-state index contributed by atoms with van der Waals surface area (Å²) >= 11 is 0. The van der Waals surface area contributed by atoms with Crippen LogP contribution in [0.3, 0.4) is 0 Å². The first-order chi connectivity index (χ1) is 8.84. The van der Waals surface area contributed by atoms with Crippen LogP contribution >= 0.6 is 0 Å². The molecule has 0 amide bonds. The molecule has 0 saturated carbocycles. The van der Waals surface area contributed by atoms with Gasteiger partial charge in [0.2, 0.25) is 0 Å². The van der Waals surface area contributed by atoms with Gasteiger partial charge in [0.05, 0.1) is 0 Å². The van der Waals surface area contributed by atoms with Crippen LogP contribution in [-0.2, 0) is 17.9 Å². The van der Waals surface area contributed by atoms with Crippen LogP contribution in [-0.4, -0.2) is 5.84 Å². The van der Waals surface area contributed by atoms with Gasteiger partial charge in [0, 0.05) is 6.42 Å². The normalized spacial score (nSPS) is 11.2. The third kappa shape index (κ3) is 3.94. The van der Waals surface area contributed by atoms with Crippen molar-refractivity contribution in [1.82, 2.24) is 0 Å². The number of benzene rings is 2. The summed E-state index contributed by atoms with van der Waals surface area (Å²) in [6.45, 7) is 0.441. The van der Waals surface area contributed by atoms with Gasteiger partial charge >= 0.3 is 0 Å². The van der Waals surface area contributed by atoms with E-state index in [0.717, 1.165) is 11.1 Å². The maximum atomic E-state index is 5.79. The van der Waals surface area contributed by atoms with Crippen molar-refractivity contribution in [2.24, 2.45) is 10.9 Å². The van der Waals surface area contributed by atoms with Crippen LogP contribution in [0, 0.1) is 0 Å². The number of hydrogen-bond acceptors (Lipinski definition) is 2. The zero-order valence-electron chi connectivity index (χ0n) is 10.1. The van der Waals surface area contributed by atoms with E-state index in [9.17, 15) is 0 Å². The molecule has 3 nitrogen and oxygen atoms in total. The Morgan fingerprint density at radius 1 is 0.889 bits per heavy atom. The number of nitrogens with zero attached hydrogens (tertiary/aromatic N) is 1. The molecule has 3 heteroatoms. The summed E-state index contributed by atoms with van der Waals surface area (Å²) in [5.41, 5.74) is 8.00. The highest BCUT2D eigenvalue weighted by atomic mass is 16.6. The molecule has 0 aromatic heterocycles. The Labute approximate surface area is 107 Å². The van der Waals surface area contributed by atoms with Gasteiger partial charge in [-0.3, -0.25) is 0 Å². The lowest BCUT2D eigenvalue weighted by Crippen LogP contribution is -2.15. The predicted octanol–water partition coefficient (Wildman–Crippen LogP) is 2.72. The highest BCUT2D eigenvalue weighted by Gasteiger charge is 1.97. The van der Waals surface area contributed by atoms with E-state index in [1.807, 2.05) is 60.7 Å². The molecule has 0 heterocycles. The lowest BCUT2D eigenvalue weighted by molar-refractivity contribution is 0.129. The van der Waals surface area contributed by atoms with Crippen LogP contribution < -0.4 is 5.73 Å². The molecule has 0 radical (unpaired) electrons. The van der Waals surface area contributed by atoms with Gasteiger partial charge in [-0.2, -0.15) is 0 Å². The average Bonchev–Trinajstić information content (AvgIpc) is 2.41. The monoisotopic (exact) mass is 240 g/mol. The van der Waals surface area contributed by atoms with Crippen LogP contribution in [0.5, 0.6) is 0 Å². The Balaban J connectivity index is 1.83. The van der Waals surface area contributed by atoms with E-state index >= 15 is 0 Å². The highest BCUT2D eigenvalue weighted by Crippen LogP contribution is 2.02. The quantitative estimate of drug-likeness (QED) is 0.496. The minimum Gasteiger partial charge on any atom is -0.390 e. The van der Waals surface area contributed by atoms with Crippen LogP contribution in [0.2, 0.25) is 0 Å². The SMILES string of the molecule is N/C(Cc1ccccc1)=N\OCc1ccccc1. The van der Waals surface area contributed by atoms with E-state index in [1.54, 1.807) is 0 Å². The van der Waals surface area contributed by atoms with Crippen molar-refractivity contribution in [3.05, 3.63) is 71.8 Å². The van der Waals surface area contributed by atoms with E-state index in [4.69, 9.17) is 10.6 Å². The van der Waals surface area contributed by atoms with Crippen molar-refractivity contribution in [3.63, 3.8) is 0 Å². The third-order valence-electron chi connectivity index (χ3n) is 2.48. The lowest BCUT2D eigenvalue weighted by Gasteiger charge is -2.02. The average molecular weight is 240 g/mol. The second-order valence-electron chi connectivity index (χ2n) is 4.00. The van der Waals surface area contributed by atoms with Gasteiger partial charge in [-0.25, -0.2) is 0 Å². The zero-order chi connectivity index (χ0) is 12.6. The predicted molar refractivity (Wildman–Crippen MR) is 73.0 cm³/mol. The first-order valence-corrected chi connectivity index (χ1v) is 5.87. The molecular weight excluding hydrogens is 224 g/mol. The highest BCUT2D eigenvalue weighted by molar-refractivity contribution is 5.82. The van der Waals surface area contributed by atoms with E-state index < -0.39 is 0 Å². The first-order valence-electron chi connectivity index (χ1n) is 5.87. The van der Waals surface area contributed by atoms with E-state index in [0.29, 0.717) is 18.9 Å². The number of oxime groups is 1. The van der Waals surface area contributed by atoms with Gasteiger partial charge in [0.15, 0.2) is 0 Å². The maximum Gasteiger partial charge on any atom is 0.143 e. The van der Waals surface area contributed by atoms with Crippen molar-refractivity contribution >= 4 is 5.84 Å². The topological polar surface area (TPSA) is 47.6 Å². The van der Waals surface area contributed by atoms with Gasteiger partial charge in [0.25, 0.3) is 0 Å². The van der Waals surface area contributed by atoms with Crippen molar-refractivity contribution < 1.29 is 4.84 Å². The second kappa shape index (κ2) is 6.45. The molecule has 0 saturated heterocycles. The molecule has 0 aliphatic carbocycles. The van der Waals surface area contributed by atoms with Crippen LogP contribution in [0.4, 0.5) is 0 Å². The Hall–Kier alpha value is -2.29. The summed E-state index contributed by atoms with van der Waals surface area (Å²) in [6.07, 6.45) is 0.607. The van der Waals surface area contributed by atoms with Crippen molar-refractivity contribution in [2.75, 3.05) is 0 Å². The Bertz CT molecular complexity index is 494. The van der Waals surface area contributed by atoms with Crippen molar-refractivity contribution in [2.45, 2.75) is 13.0 Å². The number of hydrogen-bond donors (Lipinski definition) is 1. The summed E-state index contributed by atoms with van der Waals surface area (Å²) in [5.74, 6) is 0.483. The third-order valence-corrected chi connectivity index (χ3v) is 2.48. The summed E-state index contributed by atoms with van der Waals surface area (Å²) < 4.78 is 0. The molecule has 0 spiro atoms. The van der Waals surface area contributed by atoms with Crippen molar-refractivity contribution in [3.8, 4) is 0 Å². The molecule has 2 N–H and O–H groups in total. The second-order valence-corrected chi connectivity index (χ2v) is 4.00. The minimum atomic E-state index is 0.441. The van der Waals surface area contributed by atoms with Gasteiger partial charge in [-0.05, 0) is 11.1 Å². The molecule has 2 rings (SSSR count). The van der Waals surface area contributed by atoms with Crippen LogP contribution in [0.25, 0.3) is 0 Å². The first kappa shape index (κ1) is 12.2. The summed E-state index contributed by atoms with van der Waals surface area (Å²) in [5, 5.41) is 3.91. The molecule has 0 atom stereocenters. The van der Waals surface area contributed by atoms with Gasteiger partial charge in [-0.1, -0.05) is 65.8 Å². The molecule has 0 aliphatic heterocycles. The maximum absolute atomic E-state index is 5.79. The van der Waals surface area contributed by atoms with E-state index in [1.165, 1.54) is 0 Å². The summed E-state index contributed by atoms with van der Waals surface area (Å²) in [6, 6.07) is 19.8. The Morgan fingerprint density at radius 2 is 1.44 bits per heavy atom. The number of rotatable bonds is 5. The lowest BCUT2D eigenvalue weighted by atomic mass is 10.1. The van der Waals surface area contributed by atoms with E-state index in [2.05, 4.69) is 5.16 Å². The van der Waals surface area contributed by atoms with Crippen LogP contribution in [0.1, 0.15) is 11.1 Å². The fourth-order valence-electron chi connectivity index (χ4n) is 1.60. The zero-order valence-corrected chi connectivity index (χ0v) is 10.1. The Morgan fingerprint density at radius 3 is 2.06 bits per heavy atom. The molecule has 0 bridgehead atoms. The van der Waals surface area contributed by atoms with Gasteiger partial charge in [0.1, 0.15) is 12.4 Å². The Kier molecular flexibility index (Phi) is 4.36. The molecule has 2 aromatic rings. The minimum absolute atomic E-state index is 0.441. The molecule has 18 heavy (non-hydrogen) atoms. The molecular formula is C15H16N2O. The molecule has 2 aromatic carbocycles. The summed E-state index contributed by atoms with van der Waals surface area (Å²) in [7, 11) is 0. The van der Waals surface area contributed by atoms with Crippen molar-refractivity contribution in [1.29, 1.82) is 0 Å². The number of amidine groups is 1. The fourth-order valence-corrected chi connectivity index (χ4v) is 1.60.